The Bertz CT molecular complexity index is 1010. The third-order valence-electron chi connectivity index (χ3n) is 4.99. The predicted octanol–water partition coefficient (Wildman–Crippen LogP) is 4.94. The highest BCUT2D eigenvalue weighted by Gasteiger charge is 2.33. The van der Waals surface area contributed by atoms with Crippen molar-refractivity contribution in [1.29, 1.82) is 0 Å². The highest BCUT2D eigenvalue weighted by Crippen LogP contribution is 2.39. The van der Waals surface area contributed by atoms with Crippen LogP contribution in [0.5, 0.6) is 17.4 Å². The maximum absolute atomic E-state index is 11.3. The average molecular weight is 409 g/mol. The van der Waals surface area contributed by atoms with Gasteiger partial charge in [-0.3, -0.25) is 4.79 Å². The van der Waals surface area contributed by atoms with E-state index in [4.69, 9.17) is 21.1 Å². The van der Waals surface area contributed by atoms with E-state index < -0.39 is 0 Å². The first-order valence-corrected chi connectivity index (χ1v) is 9.90. The number of alkyl halides is 1. The van der Waals surface area contributed by atoms with E-state index in [1.54, 1.807) is 12.1 Å². The van der Waals surface area contributed by atoms with Gasteiger partial charge in [-0.15, -0.1) is 11.6 Å². The minimum atomic E-state index is -0.279. The minimum absolute atomic E-state index is 0.0899. The number of aromatic nitrogens is 1. The molecule has 0 aliphatic carbocycles. The van der Waals surface area contributed by atoms with E-state index in [-0.39, 0.29) is 17.2 Å². The van der Waals surface area contributed by atoms with Gasteiger partial charge >= 0.3 is 0 Å². The van der Waals surface area contributed by atoms with Crippen molar-refractivity contribution in [2.45, 2.75) is 18.8 Å². The molecule has 1 amide bonds. The lowest BCUT2D eigenvalue weighted by Crippen LogP contribution is -2.36. The smallest absolute Gasteiger partial charge is 0.239 e. The molecule has 1 aromatic heterocycles. The summed E-state index contributed by atoms with van der Waals surface area (Å²) in [7, 11) is 0. The maximum atomic E-state index is 11.3. The standard InChI is InChI=1S/C23H21ClN2O3/c1-23(17-5-3-2-4-6-17)12-16-11-19(8-9-20(16)28-15-23)29-22-10-7-18(14-25-22)26-21(27)13-24/h2-11,14H,12-13,15H2,1H3,(H,26,27). The second-order valence-electron chi connectivity index (χ2n) is 7.33. The van der Waals surface area contributed by atoms with Gasteiger partial charge in [0.1, 0.15) is 17.4 Å². The molecule has 6 heteroatoms. The Kier molecular flexibility index (Phi) is 5.41. The van der Waals surface area contributed by atoms with Crippen molar-refractivity contribution >= 4 is 23.2 Å². The molecule has 2 heterocycles. The van der Waals surface area contributed by atoms with Crippen LogP contribution in [0, 0.1) is 0 Å². The Morgan fingerprint density at radius 3 is 2.76 bits per heavy atom. The zero-order valence-corrected chi connectivity index (χ0v) is 16.8. The Labute approximate surface area is 174 Å². The molecule has 0 fully saturated rings. The molecule has 1 unspecified atom stereocenters. The van der Waals surface area contributed by atoms with Crippen LogP contribution in [-0.2, 0) is 16.6 Å². The molecule has 148 valence electrons. The minimum Gasteiger partial charge on any atom is -0.492 e. The quantitative estimate of drug-likeness (QED) is 0.607. The van der Waals surface area contributed by atoms with E-state index in [1.165, 1.54) is 11.8 Å². The molecule has 4 rings (SSSR count). The summed E-state index contributed by atoms with van der Waals surface area (Å²) in [5.74, 6) is 1.64. The lowest BCUT2D eigenvalue weighted by molar-refractivity contribution is -0.113. The lowest BCUT2D eigenvalue weighted by atomic mass is 9.76. The molecule has 1 aliphatic rings. The predicted molar refractivity (Wildman–Crippen MR) is 113 cm³/mol. The first-order valence-electron chi connectivity index (χ1n) is 9.37. The van der Waals surface area contributed by atoms with Crippen LogP contribution in [0.25, 0.3) is 0 Å². The normalized spacial score (nSPS) is 17.7. The number of nitrogens with one attached hydrogen (secondary N) is 1. The number of ether oxygens (including phenoxy) is 2. The summed E-state index contributed by atoms with van der Waals surface area (Å²) in [6.07, 6.45) is 2.40. The molecule has 1 atom stereocenters. The Hall–Kier alpha value is -3.05. The number of amides is 1. The Morgan fingerprint density at radius 2 is 2.03 bits per heavy atom. The molecular weight excluding hydrogens is 388 g/mol. The van der Waals surface area contributed by atoms with Crippen LogP contribution >= 0.6 is 11.6 Å². The number of nitrogens with zero attached hydrogens (tertiary/aromatic N) is 1. The van der Waals surface area contributed by atoms with E-state index >= 15 is 0 Å². The van der Waals surface area contributed by atoms with Crippen LogP contribution in [0.15, 0.2) is 66.9 Å². The average Bonchev–Trinajstić information content (AvgIpc) is 2.75. The van der Waals surface area contributed by atoms with Crippen LogP contribution in [-0.4, -0.2) is 23.4 Å². The third kappa shape index (κ3) is 4.35. The first-order chi connectivity index (χ1) is 14.1. The van der Waals surface area contributed by atoms with E-state index in [9.17, 15) is 4.79 Å². The van der Waals surface area contributed by atoms with Crippen molar-refractivity contribution in [1.82, 2.24) is 4.98 Å². The van der Waals surface area contributed by atoms with Gasteiger partial charge in [-0.1, -0.05) is 37.3 Å². The molecule has 0 saturated heterocycles. The van der Waals surface area contributed by atoms with E-state index in [2.05, 4.69) is 41.5 Å². The second kappa shape index (κ2) is 8.13. The van der Waals surface area contributed by atoms with Crippen LogP contribution in [0.3, 0.4) is 0 Å². The summed E-state index contributed by atoms with van der Waals surface area (Å²) in [5, 5.41) is 2.64. The van der Waals surface area contributed by atoms with Gasteiger partial charge in [0.2, 0.25) is 11.8 Å². The zero-order chi connectivity index (χ0) is 20.3. The topological polar surface area (TPSA) is 60.5 Å². The molecule has 1 aliphatic heterocycles. The van der Waals surface area contributed by atoms with Gasteiger partial charge in [-0.2, -0.15) is 0 Å². The van der Waals surface area contributed by atoms with Crippen molar-refractivity contribution < 1.29 is 14.3 Å². The van der Waals surface area contributed by atoms with Gasteiger partial charge < -0.3 is 14.8 Å². The zero-order valence-electron chi connectivity index (χ0n) is 16.0. The molecule has 3 aromatic rings. The van der Waals surface area contributed by atoms with Crippen LogP contribution in [0.4, 0.5) is 5.69 Å². The van der Waals surface area contributed by atoms with Gasteiger partial charge in [0.05, 0.1) is 18.5 Å². The first kappa shape index (κ1) is 19.3. The number of hydrogen-bond donors (Lipinski definition) is 1. The number of rotatable bonds is 5. The van der Waals surface area contributed by atoms with Gasteiger partial charge in [-0.25, -0.2) is 4.98 Å². The van der Waals surface area contributed by atoms with E-state index in [0.717, 1.165) is 17.7 Å². The summed E-state index contributed by atoms with van der Waals surface area (Å²) < 4.78 is 11.9. The van der Waals surface area contributed by atoms with E-state index in [0.29, 0.717) is 23.9 Å². The molecule has 29 heavy (non-hydrogen) atoms. The fraction of sp³-hybridized carbons (Fsp3) is 0.217. The molecular formula is C23H21ClN2O3. The molecule has 0 saturated carbocycles. The summed E-state index contributed by atoms with van der Waals surface area (Å²) in [6, 6.07) is 19.7. The molecule has 0 bridgehead atoms. The van der Waals surface area contributed by atoms with Crippen molar-refractivity contribution in [3.05, 3.63) is 78.0 Å². The Balaban J connectivity index is 1.50. The third-order valence-corrected chi connectivity index (χ3v) is 5.24. The van der Waals surface area contributed by atoms with Crippen molar-refractivity contribution in [3.8, 4) is 17.4 Å². The molecule has 0 spiro atoms. The van der Waals surface area contributed by atoms with Gasteiger partial charge in [-0.05, 0) is 41.8 Å². The fourth-order valence-electron chi connectivity index (χ4n) is 3.46. The number of halogens is 1. The number of carbonyl (C=O) groups is 1. The van der Waals surface area contributed by atoms with Gasteiger partial charge in [0.25, 0.3) is 0 Å². The summed E-state index contributed by atoms with van der Waals surface area (Å²) in [4.78, 5) is 15.6. The summed E-state index contributed by atoms with van der Waals surface area (Å²) in [6.45, 7) is 2.86. The molecule has 2 aromatic carbocycles. The number of pyridine rings is 1. The highest BCUT2D eigenvalue weighted by atomic mass is 35.5. The number of carbonyl (C=O) groups excluding carboxylic acids is 1. The SMILES string of the molecule is CC1(c2ccccc2)COc2ccc(Oc3ccc(NC(=O)CCl)cn3)cc2C1. The second-order valence-corrected chi connectivity index (χ2v) is 7.60. The van der Waals surface area contributed by atoms with Crippen molar-refractivity contribution in [2.75, 3.05) is 17.8 Å². The number of benzene rings is 2. The van der Waals surface area contributed by atoms with Crippen LogP contribution in [0.2, 0.25) is 0 Å². The summed E-state index contributed by atoms with van der Waals surface area (Å²) >= 11 is 5.49. The number of fused-ring (bicyclic) bond motifs is 1. The highest BCUT2D eigenvalue weighted by molar-refractivity contribution is 6.29. The Morgan fingerprint density at radius 1 is 1.21 bits per heavy atom. The molecule has 1 N–H and O–H groups in total. The van der Waals surface area contributed by atoms with Crippen molar-refractivity contribution in [3.63, 3.8) is 0 Å². The van der Waals surface area contributed by atoms with Crippen LogP contribution in [0.1, 0.15) is 18.1 Å². The lowest BCUT2D eigenvalue weighted by Gasteiger charge is -2.35. The number of anilines is 1. The largest absolute Gasteiger partial charge is 0.492 e. The molecule has 5 nitrogen and oxygen atoms in total. The number of hydrogen-bond acceptors (Lipinski definition) is 4. The van der Waals surface area contributed by atoms with Crippen LogP contribution < -0.4 is 14.8 Å². The fourth-order valence-corrected chi connectivity index (χ4v) is 3.53. The summed E-state index contributed by atoms with van der Waals surface area (Å²) in [5.41, 5.74) is 2.84. The van der Waals surface area contributed by atoms with Gasteiger partial charge in [0, 0.05) is 11.5 Å². The van der Waals surface area contributed by atoms with Crippen molar-refractivity contribution in [2.24, 2.45) is 0 Å². The molecule has 0 radical (unpaired) electrons. The van der Waals surface area contributed by atoms with E-state index in [1.807, 2.05) is 24.3 Å². The monoisotopic (exact) mass is 408 g/mol. The van der Waals surface area contributed by atoms with Gasteiger partial charge in [0.15, 0.2) is 0 Å². The maximum Gasteiger partial charge on any atom is 0.239 e.